The summed E-state index contributed by atoms with van der Waals surface area (Å²) in [5, 5.41) is 3.41. The molecule has 2 aromatic carbocycles. The summed E-state index contributed by atoms with van der Waals surface area (Å²) in [4.78, 5) is 15.9. The molecule has 2 saturated heterocycles. The molecule has 2 fully saturated rings. The van der Waals surface area contributed by atoms with Crippen molar-refractivity contribution in [3.63, 3.8) is 0 Å². The summed E-state index contributed by atoms with van der Waals surface area (Å²) in [5.41, 5.74) is 5.87. The van der Waals surface area contributed by atoms with Gasteiger partial charge in [0.2, 0.25) is 5.91 Å². The molecule has 0 bridgehead atoms. The molecule has 4 nitrogen and oxygen atoms in total. The summed E-state index contributed by atoms with van der Waals surface area (Å²) in [5.74, 6) is 0.216. The number of hydrogen-bond acceptors (Lipinski definition) is 3. The van der Waals surface area contributed by atoms with Crippen LogP contribution < -0.4 is 5.32 Å². The van der Waals surface area contributed by atoms with Crippen molar-refractivity contribution < 1.29 is 9.53 Å². The number of carbonyl (C=O) groups excluding carboxylic acids is 1. The van der Waals surface area contributed by atoms with Crippen molar-refractivity contribution >= 4 is 5.91 Å². The van der Waals surface area contributed by atoms with Crippen LogP contribution in [0.2, 0.25) is 0 Å². The molecule has 2 heterocycles. The Morgan fingerprint density at radius 1 is 1.10 bits per heavy atom. The Balaban J connectivity index is 1.56. The number of carbonyl (C=O) groups is 1. The second-order valence-corrected chi connectivity index (χ2v) is 9.72. The van der Waals surface area contributed by atoms with Crippen LogP contribution in [-0.2, 0) is 16.0 Å². The number of likely N-dealkylation sites (N-methyl/N-ethyl adjacent to an activating group) is 1. The van der Waals surface area contributed by atoms with Crippen LogP contribution in [0, 0.1) is 19.3 Å². The van der Waals surface area contributed by atoms with E-state index in [4.69, 9.17) is 4.74 Å². The van der Waals surface area contributed by atoms with Crippen molar-refractivity contribution in [2.24, 2.45) is 5.41 Å². The lowest BCUT2D eigenvalue weighted by Crippen LogP contribution is -2.53. The summed E-state index contributed by atoms with van der Waals surface area (Å²) in [6.45, 7) is 7.68. The largest absolute Gasteiger partial charge is 0.381 e. The zero-order valence-electron chi connectivity index (χ0n) is 19.2. The minimum atomic E-state index is -0.380. The van der Waals surface area contributed by atoms with Crippen LogP contribution in [0.1, 0.15) is 42.4 Å². The summed E-state index contributed by atoms with van der Waals surface area (Å²) in [6.07, 6.45) is 4.56. The molecular formula is C27H36N2O2. The average molecular weight is 421 g/mol. The number of amides is 1. The Hall–Kier alpha value is -2.17. The molecule has 2 aliphatic rings. The van der Waals surface area contributed by atoms with Gasteiger partial charge < -0.3 is 15.0 Å². The fourth-order valence-electron chi connectivity index (χ4n) is 5.26. The van der Waals surface area contributed by atoms with Gasteiger partial charge in [0.25, 0.3) is 0 Å². The first kappa shape index (κ1) is 22.0. The van der Waals surface area contributed by atoms with E-state index in [0.29, 0.717) is 13.2 Å². The van der Waals surface area contributed by atoms with Crippen molar-refractivity contribution in [1.82, 2.24) is 10.2 Å². The van der Waals surface area contributed by atoms with Gasteiger partial charge in [-0.1, -0.05) is 53.6 Å². The second kappa shape index (κ2) is 9.54. The maximum Gasteiger partial charge on any atom is 0.226 e. The van der Waals surface area contributed by atoms with Crippen LogP contribution in [0.5, 0.6) is 0 Å². The van der Waals surface area contributed by atoms with E-state index in [9.17, 15) is 4.79 Å². The number of hydrogen-bond donors (Lipinski definition) is 1. The first-order chi connectivity index (χ1) is 14.9. The second-order valence-electron chi connectivity index (χ2n) is 9.72. The molecule has 4 heteroatoms. The molecule has 0 aliphatic carbocycles. The maximum atomic E-state index is 13.6. The van der Waals surface area contributed by atoms with Gasteiger partial charge in [-0.2, -0.15) is 0 Å². The Kier molecular flexibility index (Phi) is 6.78. The molecule has 4 rings (SSSR count). The molecule has 0 saturated carbocycles. The molecule has 1 atom stereocenters. The molecule has 0 radical (unpaired) electrons. The van der Waals surface area contributed by atoms with Gasteiger partial charge >= 0.3 is 0 Å². The molecule has 31 heavy (non-hydrogen) atoms. The van der Waals surface area contributed by atoms with E-state index in [1.807, 2.05) is 0 Å². The van der Waals surface area contributed by atoms with Crippen LogP contribution in [0.15, 0.2) is 42.5 Å². The quantitative estimate of drug-likeness (QED) is 0.773. The number of piperidine rings is 1. The van der Waals surface area contributed by atoms with Gasteiger partial charge in [-0.25, -0.2) is 0 Å². The van der Waals surface area contributed by atoms with Crippen molar-refractivity contribution in [3.05, 3.63) is 59.2 Å². The molecule has 2 aliphatic heterocycles. The Labute approximate surface area is 187 Å². The third-order valence-corrected chi connectivity index (χ3v) is 6.92. The lowest BCUT2D eigenvalue weighted by Gasteiger charge is -2.39. The number of benzene rings is 2. The van der Waals surface area contributed by atoms with E-state index in [2.05, 4.69) is 73.6 Å². The number of rotatable bonds is 5. The Bertz CT molecular complexity index is 897. The Morgan fingerprint density at radius 2 is 1.84 bits per heavy atom. The van der Waals surface area contributed by atoms with E-state index < -0.39 is 0 Å². The summed E-state index contributed by atoms with van der Waals surface area (Å²) in [7, 11) is 2.14. The highest BCUT2D eigenvalue weighted by molar-refractivity contribution is 5.83. The minimum absolute atomic E-state index is 0.216. The zero-order chi connectivity index (χ0) is 21.8. The lowest BCUT2D eigenvalue weighted by atomic mass is 9.74. The standard InChI is InChI=1S/C27H36N2O2/c1-20-14-21(2)16-24(15-20)23-7-4-6-22(17-23)18-27(9-12-31-13-10-27)26(30)28-25-8-5-11-29(3)19-25/h4,6-7,14-17,25H,5,8-13,18-19H2,1-3H3,(H,28,30)/t25-/m1/s1. The molecule has 0 aromatic heterocycles. The maximum absolute atomic E-state index is 13.6. The minimum Gasteiger partial charge on any atom is -0.381 e. The normalized spacial score (nSPS) is 21.6. The van der Waals surface area contributed by atoms with E-state index in [1.165, 1.54) is 27.8 Å². The number of aryl methyl sites for hydroxylation is 2. The monoisotopic (exact) mass is 420 g/mol. The first-order valence-electron chi connectivity index (χ1n) is 11.7. The summed E-state index contributed by atoms with van der Waals surface area (Å²) < 4.78 is 5.65. The van der Waals surface area contributed by atoms with Crippen molar-refractivity contribution in [2.45, 2.75) is 52.0 Å². The van der Waals surface area contributed by atoms with E-state index in [0.717, 1.165) is 45.2 Å². The lowest BCUT2D eigenvalue weighted by molar-refractivity contribution is -0.137. The molecule has 166 valence electrons. The van der Waals surface area contributed by atoms with Crippen molar-refractivity contribution in [2.75, 3.05) is 33.4 Å². The van der Waals surface area contributed by atoms with Crippen molar-refractivity contribution in [3.8, 4) is 11.1 Å². The van der Waals surface area contributed by atoms with Gasteiger partial charge in [0, 0.05) is 25.8 Å². The van der Waals surface area contributed by atoms with Crippen LogP contribution in [0.25, 0.3) is 11.1 Å². The molecule has 1 N–H and O–H groups in total. The van der Waals surface area contributed by atoms with Gasteiger partial charge in [0.05, 0.1) is 5.41 Å². The highest BCUT2D eigenvalue weighted by Gasteiger charge is 2.41. The molecule has 0 unspecified atom stereocenters. The number of likely N-dealkylation sites (tertiary alicyclic amines) is 1. The summed E-state index contributed by atoms with van der Waals surface area (Å²) >= 11 is 0. The van der Waals surface area contributed by atoms with Gasteiger partial charge in [-0.05, 0) is 76.2 Å². The van der Waals surface area contributed by atoms with Crippen LogP contribution >= 0.6 is 0 Å². The van der Waals surface area contributed by atoms with Crippen molar-refractivity contribution in [1.29, 1.82) is 0 Å². The zero-order valence-corrected chi connectivity index (χ0v) is 19.2. The highest BCUT2D eigenvalue weighted by atomic mass is 16.5. The fourth-order valence-corrected chi connectivity index (χ4v) is 5.26. The van der Waals surface area contributed by atoms with E-state index >= 15 is 0 Å². The molecule has 0 spiro atoms. The van der Waals surface area contributed by atoms with Crippen LogP contribution in [-0.4, -0.2) is 50.2 Å². The van der Waals surface area contributed by atoms with Gasteiger partial charge in [-0.15, -0.1) is 0 Å². The predicted octanol–water partition coefficient (Wildman–Crippen LogP) is 4.52. The number of nitrogens with one attached hydrogen (secondary N) is 1. The topological polar surface area (TPSA) is 41.6 Å². The SMILES string of the molecule is Cc1cc(C)cc(-c2cccc(CC3(C(=O)N[C@@H]4CCCN(C)C4)CCOCC3)c2)c1. The van der Waals surface area contributed by atoms with E-state index in [-0.39, 0.29) is 17.4 Å². The predicted molar refractivity (Wildman–Crippen MR) is 126 cm³/mol. The average Bonchev–Trinajstić information content (AvgIpc) is 2.74. The Morgan fingerprint density at radius 3 is 2.55 bits per heavy atom. The fraction of sp³-hybridized carbons (Fsp3) is 0.519. The summed E-state index contributed by atoms with van der Waals surface area (Å²) in [6, 6.07) is 15.7. The van der Waals surface area contributed by atoms with Gasteiger partial charge in [0.1, 0.15) is 0 Å². The molecule has 1 amide bonds. The molecule has 2 aromatic rings. The number of nitrogens with zero attached hydrogens (tertiary/aromatic N) is 1. The van der Waals surface area contributed by atoms with Gasteiger partial charge in [-0.3, -0.25) is 4.79 Å². The smallest absolute Gasteiger partial charge is 0.226 e. The molecular weight excluding hydrogens is 384 g/mol. The van der Waals surface area contributed by atoms with Crippen LogP contribution in [0.3, 0.4) is 0 Å². The third kappa shape index (κ3) is 5.36. The highest BCUT2D eigenvalue weighted by Crippen LogP contribution is 2.36. The third-order valence-electron chi connectivity index (χ3n) is 6.92. The number of ether oxygens (including phenoxy) is 1. The van der Waals surface area contributed by atoms with E-state index in [1.54, 1.807) is 0 Å². The first-order valence-corrected chi connectivity index (χ1v) is 11.7. The van der Waals surface area contributed by atoms with Crippen LogP contribution in [0.4, 0.5) is 0 Å². The van der Waals surface area contributed by atoms with Gasteiger partial charge in [0.15, 0.2) is 0 Å².